The number of pyridine rings is 1. The number of rotatable bonds is 6. The van der Waals surface area contributed by atoms with E-state index in [1.807, 2.05) is 29.6 Å². The molecule has 0 bridgehead atoms. The van der Waals surface area contributed by atoms with E-state index in [0.717, 1.165) is 66.9 Å². The van der Waals surface area contributed by atoms with Gasteiger partial charge in [0.15, 0.2) is 5.82 Å². The van der Waals surface area contributed by atoms with Gasteiger partial charge < -0.3 is 9.47 Å². The summed E-state index contributed by atoms with van der Waals surface area (Å²) in [5.41, 5.74) is 5.53. The highest BCUT2D eigenvalue weighted by molar-refractivity contribution is 5.95. The molecule has 0 spiro atoms. The lowest BCUT2D eigenvalue weighted by Crippen LogP contribution is -2.48. The van der Waals surface area contributed by atoms with E-state index in [9.17, 15) is 18.0 Å². The van der Waals surface area contributed by atoms with Gasteiger partial charge in [-0.25, -0.2) is 4.98 Å². The van der Waals surface area contributed by atoms with Gasteiger partial charge in [-0.2, -0.15) is 13.2 Å². The maximum atomic E-state index is 13.5. The van der Waals surface area contributed by atoms with Crippen LogP contribution in [0.25, 0.3) is 11.0 Å². The average Bonchev–Trinajstić information content (AvgIpc) is 3.34. The highest BCUT2D eigenvalue weighted by atomic mass is 19.4. The molecule has 0 aliphatic carbocycles. The van der Waals surface area contributed by atoms with Crippen LogP contribution in [-0.2, 0) is 26.3 Å². The fourth-order valence-electron chi connectivity index (χ4n) is 6.24. The van der Waals surface area contributed by atoms with Crippen molar-refractivity contribution in [2.24, 2.45) is 7.05 Å². The minimum atomic E-state index is -4.33. The van der Waals surface area contributed by atoms with Crippen LogP contribution < -0.4 is 0 Å². The first-order chi connectivity index (χ1) is 20.6. The molecule has 2 saturated heterocycles. The quantitative estimate of drug-likeness (QED) is 0.291. The van der Waals surface area contributed by atoms with Gasteiger partial charge >= 0.3 is 6.18 Å². The summed E-state index contributed by atoms with van der Waals surface area (Å²) in [6.07, 6.45) is -0.196. The molecule has 226 valence electrons. The number of piperazine rings is 1. The van der Waals surface area contributed by atoms with E-state index >= 15 is 0 Å². The molecular weight excluding hydrogens is 553 g/mol. The second-order valence-electron chi connectivity index (χ2n) is 11.9. The number of halogens is 3. The molecule has 7 nitrogen and oxygen atoms in total. The van der Waals surface area contributed by atoms with E-state index in [1.54, 1.807) is 0 Å². The number of piperidine rings is 1. The summed E-state index contributed by atoms with van der Waals surface area (Å²) >= 11 is 0. The number of nitrogens with zero attached hydrogens (tertiary/aromatic N) is 6. The van der Waals surface area contributed by atoms with Crippen molar-refractivity contribution in [3.8, 4) is 0 Å². The Morgan fingerprint density at radius 3 is 2.16 bits per heavy atom. The third-order valence-electron chi connectivity index (χ3n) is 8.88. The zero-order valence-corrected chi connectivity index (χ0v) is 24.6. The third-order valence-corrected chi connectivity index (χ3v) is 8.88. The molecule has 4 aromatic rings. The summed E-state index contributed by atoms with van der Waals surface area (Å²) in [6, 6.07) is 15.9. The molecular formula is C33H37F3N6O. The van der Waals surface area contributed by atoms with Gasteiger partial charge in [0.1, 0.15) is 0 Å². The first kappa shape index (κ1) is 29.3. The van der Waals surface area contributed by atoms with Crippen LogP contribution in [-0.4, -0.2) is 74.4 Å². The van der Waals surface area contributed by atoms with Crippen LogP contribution in [0.1, 0.15) is 57.3 Å². The van der Waals surface area contributed by atoms with Crippen molar-refractivity contribution in [1.82, 2.24) is 29.2 Å². The van der Waals surface area contributed by atoms with Crippen molar-refractivity contribution < 1.29 is 18.0 Å². The number of benzene rings is 2. The van der Waals surface area contributed by atoms with Crippen LogP contribution in [0.3, 0.4) is 0 Å². The van der Waals surface area contributed by atoms with E-state index in [1.165, 1.54) is 23.3 Å². The Kier molecular flexibility index (Phi) is 8.24. The third kappa shape index (κ3) is 6.60. The molecule has 1 amide bonds. The smallest absolute Gasteiger partial charge is 0.333 e. The van der Waals surface area contributed by atoms with Gasteiger partial charge in [0.05, 0.1) is 16.6 Å². The minimum Gasteiger partial charge on any atom is -0.333 e. The molecule has 2 aromatic carbocycles. The highest BCUT2D eigenvalue weighted by Crippen LogP contribution is 2.31. The van der Waals surface area contributed by atoms with Crippen molar-refractivity contribution in [2.75, 3.05) is 39.3 Å². The molecule has 0 atom stereocenters. The molecule has 0 saturated carbocycles. The largest absolute Gasteiger partial charge is 0.416 e. The average molecular weight is 591 g/mol. The fraction of sp³-hybridized carbons (Fsp3) is 0.424. The van der Waals surface area contributed by atoms with Gasteiger partial charge in [-0.1, -0.05) is 24.3 Å². The summed E-state index contributed by atoms with van der Waals surface area (Å²) in [7, 11) is 1.89. The van der Waals surface area contributed by atoms with Crippen LogP contribution in [0, 0.1) is 6.92 Å². The lowest BCUT2D eigenvalue weighted by Gasteiger charge is -2.34. The molecule has 2 aliphatic rings. The second kappa shape index (κ2) is 12.1. The number of amides is 1. The number of hydrogen-bond donors (Lipinski definition) is 0. The number of imidazole rings is 1. The van der Waals surface area contributed by atoms with Gasteiger partial charge in [-0.3, -0.25) is 19.6 Å². The number of likely N-dealkylation sites (tertiary alicyclic amines) is 1. The number of alkyl halides is 3. The Bertz CT molecular complexity index is 1570. The molecule has 2 aliphatic heterocycles. The molecule has 10 heteroatoms. The Morgan fingerprint density at radius 2 is 1.51 bits per heavy atom. The second-order valence-corrected chi connectivity index (χ2v) is 11.9. The number of carbonyl (C=O) groups is 1. The molecule has 6 rings (SSSR count). The Morgan fingerprint density at radius 1 is 0.860 bits per heavy atom. The standard InChI is InChI=1S/C33H37F3N6O/c1-23-3-4-25(20-37-23)22-40-13-11-26(12-14-40)27-7-10-30-29(19-27)38-31(39(30)2)32(43)42-17-15-41(16-18-42)21-24-5-8-28(9-6-24)33(34,35)36/h3-10,19-20,26H,11-18,21-22H2,1-2H3. The molecule has 4 heterocycles. The van der Waals surface area contributed by atoms with E-state index in [2.05, 4.69) is 45.1 Å². The predicted octanol–water partition coefficient (Wildman–Crippen LogP) is 5.63. The van der Waals surface area contributed by atoms with Crippen molar-refractivity contribution >= 4 is 16.9 Å². The van der Waals surface area contributed by atoms with Crippen LogP contribution in [0.4, 0.5) is 13.2 Å². The summed E-state index contributed by atoms with van der Waals surface area (Å²) in [5, 5.41) is 0. The van der Waals surface area contributed by atoms with Gasteiger partial charge in [-0.15, -0.1) is 0 Å². The van der Waals surface area contributed by atoms with Crippen molar-refractivity contribution in [3.63, 3.8) is 0 Å². The number of aromatic nitrogens is 3. The fourth-order valence-corrected chi connectivity index (χ4v) is 6.24. The molecule has 2 fully saturated rings. The highest BCUT2D eigenvalue weighted by Gasteiger charge is 2.30. The van der Waals surface area contributed by atoms with Crippen molar-refractivity contribution in [1.29, 1.82) is 0 Å². The van der Waals surface area contributed by atoms with Crippen LogP contribution in [0.2, 0.25) is 0 Å². The zero-order valence-electron chi connectivity index (χ0n) is 24.6. The minimum absolute atomic E-state index is 0.0895. The molecule has 43 heavy (non-hydrogen) atoms. The van der Waals surface area contributed by atoms with Gasteiger partial charge in [0.25, 0.3) is 5.91 Å². The van der Waals surface area contributed by atoms with Gasteiger partial charge in [-0.05, 0) is 85.8 Å². The SMILES string of the molecule is Cc1ccc(CN2CCC(c3ccc4c(c3)nc(C(=O)N3CCN(Cc5ccc(C(F)(F)F)cc5)CC3)n4C)CC2)cn1. The summed E-state index contributed by atoms with van der Waals surface area (Å²) in [4.78, 5) is 29.2. The number of carbonyl (C=O) groups excluding carboxylic acids is 1. The Labute approximate surface area is 249 Å². The summed E-state index contributed by atoms with van der Waals surface area (Å²) in [6.45, 7) is 7.95. The van der Waals surface area contributed by atoms with E-state index in [-0.39, 0.29) is 5.91 Å². The van der Waals surface area contributed by atoms with Crippen molar-refractivity contribution in [2.45, 2.75) is 44.9 Å². The summed E-state index contributed by atoms with van der Waals surface area (Å²) in [5.74, 6) is 0.814. The van der Waals surface area contributed by atoms with Crippen LogP contribution in [0.15, 0.2) is 60.8 Å². The number of hydrogen-bond acceptors (Lipinski definition) is 5. The predicted molar refractivity (Wildman–Crippen MR) is 160 cm³/mol. The van der Waals surface area contributed by atoms with Gasteiger partial charge in [0, 0.05) is 58.2 Å². The van der Waals surface area contributed by atoms with Crippen LogP contribution in [0.5, 0.6) is 0 Å². The maximum Gasteiger partial charge on any atom is 0.416 e. The topological polar surface area (TPSA) is 57.5 Å². The molecule has 0 N–H and O–H groups in total. The monoisotopic (exact) mass is 590 g/mol. The Hall–Kier alpha value is -3.76. The first-order valence-corrected chi connectivity index (χ1v) is 14.9. The van der Waals surface area contributed by atoms with E-state index < -0.39 is 11.7 Å². The number of aryl methyl sites for hydroxylation is 2. The molecule has 2 aromatic heterocycles. The lowest BCUT2D eigenvalue weighted by atomic mass is 9.89. The van der Waals surface area contributed by atoms with Gasteiger partial charge in [0.2, 0.25) is 0 Å². The normalized spacial score (nSPS) is 17.6. The van der Waals surface area contributed by atoms with Crippen LogP contribution >= 0.6 is 0 Å². The molecule has 0 unspecified atom stereocenters. The lowest BCUT2D eigenvalue weighted by molar-refractivity contribution is -0.137. The van der Waals surface area contributed by atoms with E-state index in [0.29, 0.717) is 44.5 Å². The molecule has 0 radical (unpaired) electrons. The maximum absolute atomic E-state index is 13.5. The first-order valence-electron chi connectivity index (χ1n) is 14.9. The van der Waals surface area contributed by atoms with E-state index in [4.69, 9.17) is 4.98 Å². The summed E-state index contributed by atoms with van der Waals surface area (Å²) < 4.78 is 40.5. The zero-order chi connectivity index (χ0) is 30.1. The number of fused-ring (bicyclic) bond motifs is 1. The van der Waals surface area contributed by atoms with Crippen molar-refractivity contribution in [3.05, 3.63) is 94.6 Å². The Balaban J connectivity index is 1.05.